The van der Waals surface area contributed by atoms with Crippen LogP contribution in [0.1, 0.15) is 11.8 Å². The van der Waals surface area contributed by atoms with E-state index in [0.29, 0.717) is 16.9 Å². The Morgan fingerprint density at radius 2 is 2.22 bits per heavy atom. The van der Waals surface area contributed by atoms with Crippen molar-refractivity contribution in [2.24, 2.45) is 0 Å². The second-order valence-electron chi connectivity index (χ2n) is 4.29. The maximum atomic E-state index is 5.94. The van der Waals surface area contributed by atoms with Gasteiger partial charge in [-0.05, 0) is 30.5 Å². The van der Waals surface area contributed by atoms with Crippen LogP contribution in [0.5, 0.6) is 0 Å². The largest absolute Gasteiger partial charge is 0.396 e. The molecule has 2 heterocycles. The molecule has 96 valence electrons. The minimum atomic E-state index is 0.317. The standard InChI is InChI=1S/C13H16ClN3S/c1-9(8-10-4-3-7-18-10)17(2)13-11(15)5-6-12(14)16-13/h3-7,9H,8,15H2,1-2H3. The third-order valence-electron chi connectivity index (χ3n) is 2.94. The van der Waals surface area contributed by atoms with Gasteiger partial charge < -0.3 is 10.6 Å². The molecule has 0 aliphatic rings. The van der Waals surface area contributed by atoms with Crippen LogP contribution < -0.4 is 10.6 Å². The summed E-state index contributed by atoms with van der Waals surface area (Å²) in [5.74, 6) is 0.742. The third kappa shape index (κ3) is 2.94. The van der Waals surface area contributed by atoms with E-state index in [0.717, 1.165) is 12.2 Å². The first-order chi connectivity index (χ1) is 8.58. The zero-order valence-corrected chi connectivity index (χ0v) is 12.0. The van der Waals surface area contributed by atoms with Crippen LogP contribution in [-0.2, 0) is 6.42 Å². The van der Waals surface area contributed by atoms with Gasteiger partial charge in [-0.2, -0.15) is 0 Å². The lowest BCUT2D eigenvalue weighted by atomic mass is 10.2. The molecule has 0 saturated heterocycles. The Morgan fingerprint density at radius 1 is 1.44 bits per heavy atom. The number of nitrogens with zero attached hydrogens (tertiary/aromatic N) is 2. The van der Waals surface area contributed by atoms with Crippen molar-refractivity contribution < 1.29 is 0 Å². The molecule has 2 aromatic heterocycles. The lowest BCUT2D eigenvalue weighted by Crippen LogP contribution is -2.31. The summed E-state index contributed by atoms with van der Waals surface area (Å²) in [4.78, 5) is 7.72. The first kappa shape index (κ1) is 13.2. The first-order valence-electron chi connectivity index (χ1n) is 5.75. The maximum Gasteiger partial charge on any atom is 0.153 e. The number of likely N-dealkylation sites (N-methyl/N-ethyl adjacent to an activating group) is 1. The minimum Gasteiger partial charge on any atom is -0.396 e. The molecule has 0 saturated carbocycles. The zero-order valence-electron chi connectivity index (χ0n) is 10.4. The number of thiophene rings is 1. The quantitative estimate of drug-likeness (QED) is 0.873. The van der Waals surface area contributed by atoms with E-state index in [9.17, 15) is 0 Å². The number of halogens is 1. The summed E-state index contributed by atoms with van der Waals surface area (Å²) >= 11 is 7.68. The smallest absolute Gasteiger partial charge is 0.153 e. The van der Waals surface area contributed by atoms with Crippen LogP contribution in [0, 0.1) is 0 Å². The van der Waals surface area contributed by atoms with Crippen molar-refractivity contribution in [3.8, 4) is 0 Å². The van der Waals surface area contributed by atoms with Crippen LogP contribution in [0.15, 0.2) is 29.6 Å². The minimum absolute atomic E-state index is 0.317. The topological polar surface area (TPSA) is 42.2 Å². The molecule has 0 amide bonds. The van der Waals surface area contributed by atoms with Crippen LogP contribution >= 0.6 is 22.9 Å². The van der Waals surface area contributed by atoms with E-state index in [1.165, 1.54) is 4.88 Å². The fraction of sp³-hybridized carbons (Fsp3) is 0.308. The molecule has 0 aliphatic carbocycles. The van der Waals surface area contributed by atoms with Gasteiger partial charge in [0.15, 0.2) is 5.82 Å². The summed E-state index contributed by atoms with van der Waals surface area (Å²) in [6.07, 6.45) is 0.974. The molecular weight excluding hydrogens is 266 g/mol. The van der Waals surface area contributed by atoms with Crippen LogP contribution in [-0.4, -0.2) is 18.1 Å². The average molecular weight is 282 g/mol. The summed E-state index contributed by atoms with van der Waals surface area (Å²) in [7, 11) is 1.99. The van der Waals surface area contributed by atoms with Crippen molar-refractivity contribution in [1.29, 1.82) is 0 Å². The number of nitrogen functional groups attached to an aromatic ring is 1. The molecule has 0 bridgehead atoms. The summed E-state index contributed by atoms with van der Waals surface area (Å²) < 4.78 is 0. The number of anilines is 2. The highest BCUT2D eigenvalue weighted by Crippen LogP contribution is 2.24. The lowest BCUT2D eigenvalue weighted by Gasteiger charge is -2.26. The third-order valence-corrected chi connectivity index (χ3v) is 4.05. The van der Waals surface area contributed by atoms with Crippen molar-refractivity contribution in [3.05, 3.63) is 39.7 Å². The Morgan fingerprint density at radius 3 is 2.89 bits per heavy atom. The van der Waals surface area contributed by atoms with E-state index in [2.05, 4.69) is 34.3 Å². The van der Waals surface area contributed by atoms with Gasteiger partial charge >= 0.3 is 0 Å². The highest BCUT2D eigenvalue weighted by molar-refractivity contribution is 7.09. The Labute approximate surface area is 116 Å². The fourth-order valence-electron chi connectivity index (χ4n) is 1.78. The normalized spacial score (nSPS) is 12.4. The summed E-state index contributed by atoms with van der Waals surface area (Å²) in [5, 5.41) is 2.56. The van der Waals surface area contributed by atoms with Crippen LogP contribution in [0.25, 0.3) is 0 Å². The summed E-state index contributed by atoms with van der Waals surface area (Å²) in [6, 6.07) is 8.02. The van der Waals surface area contributed by atoms with Gasteiger partial charge in [0.05, 0.1) is 5.69 Å². The van der Waals surface area contributed by atoms with Gasteiger partial charge in [-0.15, -0.1) is 11.3 Å². The van der Waals surface area contributed by atoms with Crippen LogP contribution in [0.2, 0.25) is 5.15 Å². The molecule has 0 spiro atoms. The SMILES string of the molecule is CC(Cc1cccs1)N(C)c1nc(Cl)ccc1N. The Hall–Kier alpha value is -1.26. The summed E-state index contributed by atoms with van der Waals surface area (Å²) in [6.45, 7) is 2.15. The molecule has 18 heavy (non-hydrogen) atoms. The van der Waals surface area contributed by atoms with Crippen molar-refractivity contribution in [2.75, 3.05) is 17.7 Å². The van der Waals surface area contributed by atoms with Crippen LogP contribution in [0.3, 0.4) is 0 Å². The van der Waals surface area contributed by atoms with Gasteiger partial charge in [-0.1, -0.05) is 17.7 Å². The fourth-order valence-corrected chi connectivity index (χ4v) is 2.75. The van der Waals surface area contributed by atoms with E-state index in [4.69, 9.17) is 17.3 Å². The molecule has 0 aliphatic heterocycles. The molecule has 1 unspecified atom stereocenters. The van der Waals surface area contributed by atoms with E-state index < -0.39 is 0 Å². The van der Waals surface area contributed by atoms with E-state index >= 15 is 0 Å². The molecule has 5 heteroatoms. The molecule has 2 N–H and O–H groups in total. The molecule has 0 radical (unpaired) electrons. The van der Waals surface area contributed by atoms with E-state index in [1.54, 1.807) is 23.5 Å². The molecule has 0 aromatic carbocycles. The second kappa shape index (κ2) is 5.59. The van der Waals surface area contributed by atoms with Crippen molar-refractivity contribution in [1.82, 2.24) is 4.98 Å². The summed E-state index contributed by atoms with van der Waals surface area (Å²) in [5.41, 5.74) is 6.59. The number of nitrogens with two attached hydrogens (primary N) is 1. The molecule has 3 nitrogen and oxygen atoms in total. The van der Waals surface area contributed by atoms with Crippen molar-refractivity contribution in [3.63, 3.8) is 0 Å². The first-order valence-corrected chi connectivity index (χ1v) is 7.01. The zero-order chi connectivity index (χ0) is 13.1. The van der Waals surface area contributed by atoms with E-state index in [1.807, 2.05) is 7.05 Å². The number of hydrogen-bond acceptors (Lipinski definition) is 4. The number of rotatable bonds is 4. The predicted molar refractivity (Wildman–Crippen MR) is 79.5 cm³/mol. The molecular formula is C13H16ClN3S. The van der Waals surface area contributed by atoms with Gasteiger partial charge in [-0.25, -0.2) is 4.98 Å². The average Bonchev–Trinajstić information content (AvgIpc) is 2.84. The van der Waals surface area contributed by atoms with Gasteiger partial charge in [0, 0.05) is 24.4 Å². The van der Waals surface area contributed by atoms with Crippen molar-refractivity contribution >= 4 is 34.4 Å². The maximum absolute atomic E-state index is 5.94. The van der Waals surface area contributed by atoms with Gasteiger partial charge in [0.2, 0.25) is 0 Å². The number of aromatic nitrogens is 1. The Bertz CT molecular complexity index is 513. The van der Waals surface area contributed by atoms with Crippen molar-refractivity contribution in [2.45, 2.75) is 19.4 Å². The molecule has 1 atom stereocenters. The number of pyridine rings is 1. The molecule has 0 fully saturated rings. The monoisotopic (exact) mass is 281 g/mol. The molecule has 2 aromatic rings. The van der Waals surface area contributed by atoms with E-state index in [-0.39, 0.29) is 0 Å². The molecule has 2 rings (SSSR count). The van der Waals surface area contributed by atoms with Gasteiger partial charge in [0.1, 0.15) is 5.15 Å². The predicted octanol–water partition coefficient (Wildman–Crippen LogP) is 3.45. The highest BCUT2D eigenvalue weighted by atomic mass is 35.5. The van der Waals surface area contributed by atoms with Gasteiger partial charge in [-0.3, -0.25) is 0 Å². The highest BCUT2D eigenvalue weighted by Gasteiger charge is 2.15. The van der Waals surface area contributed by atoms with Crippen LogP contribution in [0.4, 0.5) is 11.5 Å². The number of hydrogen-bond donors (Lipinski definition) is 1. The lowest BCUT2D eigenvalue weighted by molar-refractivity contribution is 0.681. The van der Waals surface area contributed by atoms with Gasteiger partial charge in [0.25, 0.3) is 0 Å². The Kier molecular flexibility index (Phi) is 4.09. The Balaban J connectivity index is 2.14. The second-order valence-corrected chi connectivity index (χ2v) is 5.71.